The number of hydrogen-bond donors (Lipinski definition) is 1. The Hall–Kier alpha value is -3.91. The molecule has 0 bridgehead atoms. The van der Waals surface area contributed by atoms with Gasteiger partial charge in [-0.2, -0.15) is 0 Å². The van der Waals surface area contributed by atoms with Gasteiger partial charge in [0.05, 0.1) is 0 Å². The summed E-state index contributed by atoms with van der Waals surface area (Å²) < 4.78 is 28.0. The molecule has 41 heavy (non-hydrogen) atoms. The summed E-state index contributed by atoms with van der Waals surface area (Å²) in [5, 5.41) is 9.37. The molecule has 2 aromatic rings. The molecular formula is C30H31ClO10. The first-order valence-electron chi connectivity index (χ1n) is 12.8. The maximum absolute atomic E-state index is 12.2. The third-order valence-corrected chi connectivity index (χ3v) is 6.42. The summed E-state index contributed by atoms with van der Waals surface area (Å²) in [4.78, 5) is 47.8. The van der Waals surface area contributed by atoms with Crippen molar-refractivity contribution >= 4 is 35.5 Å². The molecule has 1 N–H and O–H groups in total. The van der Waals surface area contributed by atoms with Crippen LogP contribution in [0.2, 0.25) is 5.02 Å². The lowest BCUT2D eigenvalue weighted by atomic mass is 9.89. The van der Waals surface area contributed by atoms with Crippen LogP contribution in [0.1, 0.15) is 56.1 Å². The summed E-state index contributed by atoms with van der Waals surface area (Å²) in [5.74, 6) is 2.75. The Morgan fingerprint density at radius 3 is 2.05 bits per heavy atom. The summed E-state index contributed by atoms with van der Waals surface area (Å²) in [6, 6.07) is 12.6. The smallest absolute Gasteiger partial charge is 0.303 e. The van der Waals surface area contributed by atoms with Crippen LogP contribution in [-0.2, 0) is 49.3 Å². The number of ether oxygens (including phenoxy) is 5. The third-order valence-electron chi connectivity index (χ3n) is 6.05. The number of carbonyl (C=O) groups excluding carboxylic acids is 4. The van der Waals surface area contributed by atoms with Crippen molar-refractivity contribution in [1.82, 2.24) is 0 Å². The zero-order chi connectivity index (χ0) is 30.1. The van der Waals surface area contributed by atoms with E-state index in [1.54, 1.807) is 18.2 Å². The van der Waals surface area contributed by atoms with E-state index in [1.807, 2.05) is 24.3 Å². The van der Waals surface area contributed by atoms with E-state index in [4.69, 9.17) is 40.4 Å². The van der Waals surface area contributed by atoms with E-state index < -0.39 is 54.4 Å². The van der Waals surface area contributed by atoms with Crippen molar-refractivity contribution in [2.24, 2.45) is 0 Å². The monoisotopic (exact) mass is 586 g/mol. The van der Waals surface area contributed by atoms with Crippen LogP contribution in [0.4, 0.5) is 0 Å². The first-order valence-corrected chi connectivity index (χ1v) is 13.1. The van der Waals surface area contributed by atoms with Gasteiger partial charge in [0, 0.05) is 38.3 Å². The third kappa shape index (κ3) is 9.05. The number of halogens is 1. The molecule has 11 heteroatoms. The molecule has 2 aromatic carbocycles. The van der Waals surface area contributed by atoms with E-state index in [9.17, 15) is 19.2 Å². The predicted octanol–water partition coefficient (Wildman–Crippen LogP) is 3.07. The van der Waals surface area contributed by atoms with Crippen LogP contribution < -0.4 is 0 Å². The van der Waals surface area contributed by atoms with Gasteiger partial charge in [0.15, 0.2) is 18.3 Å². The lowest BCUT2D eigenvalue weighted by molar-refractivity contribution is -0.254. The van der Waals surface area contributed by atoms with Gasteiger partial charge in [-0.3, -0.25) is 19.2 Å². The molecule has 1 saturated heterocycles. The van der Waals surface area contributed by atoms with Crippen LogP contribution in [0.25, 0.3) is 0 Å². The zero-order valence-electron chi connectivity index (χ0n) is 23.0. The maximum Gasteiger partial charge on any atom is 0.303 e. The SMILES string of the molecule is CC(=O)OC[C@H]1O[C@@H](c2ccc(Cl)c(Cc3ccc(C#CCO)cc3)c2)[C@H](OC(C)=O)[C@@H](OC(C)=O)[C@@H]1OC(C)=O. The quantitative estimate of drug-likeness (QED) is 0.279. The number of benzene rings is 2. The van der Waals surface area contributed by atoms with Crippen LogP contribution in [-0.4, -0.2) is 66.6 Å². The molecule has 0 aliphatic carbocycles. The maximum atomic E-state index is 12.2. The Morgan fingerprint density at radius 1 is 0.854 bits per heavy atom. The number of hydrogen-bond acceptors (Lipinski definition) is 10. The van der Waals surface area contributed by atoms with Gasteiger partial charge in [-0.1, -0.05) is 47.7 Å². The molecule has 0 spiro atoms. The molecule has 0 unspecified atom stereocenters. The first kappa shape index (κ1) is 31.6. The number of aliphatic hydroxyl groups excluding tert-OH is 1. The fourth-order valence-corrected chi connectivity index (χ4v) is 4.66. The molecular weight excluding hydrogens is 556 g/mol. The summed E-state index contributed by atoms with van der Waals surface area (Å²) in [7, 11) is 0. The van der Waals surface area contributed by atoms with Crippen molar-refractivity contribution in [2.75, 3.05) is 13.2 Å². The van der Waals surface area contributed by atoms with Gasteiger partial charge in [0.2, 0.25) is 0 Å². The fraction of sp³-hybridized carbons (Fsp3) is 0.400. The molecule has 1 aliphatic rings. The summed E-state index contributed by atoms with van der Waals surface area (Å²) in [6.07, 6.45) is -5.36. The summed E-state index contributed by atoms with van der Waals surface area (Å²) in [6.45, 7) is 4.18. The van der Waals surface area contributed by atoms with Crippen LogP contribution >= 0.6 is 11.6 Å². The Bertz CT molecular complexity index is 1330. The van der Waals surface area contributed by atoms with Crippen molar-refractivity contribution in [1.29, 1.82) is 0 Å². The van der Waals surface area contributed by atoms with Crippen molar-refractivity contribution < 1.29 is 48.0 Å². The molecule has 0 amide bonds. The average Bonchev–Trinajstić information content (AvgIpc) is 2.90. The number of rotatable bonds is 8. The van der Waals surface area contributed by atoms with Gasteiger partial charge >= 0.3 is 23.9 Å². The molecule has 1 heterocycles. The van der Waals surface area contributed by atoms with Gasteiger partial charge in [-0.05, 0) is 41.3 Å². The van der Waals surface area contributed by atoms with Crippen LogP contribution in [0, 0.1) is 11.8 Å². The topological polar surface area (TPSA) is 135 Å². The second-order valence-corrected chi connectivity index (χ2v) is 9.71. The number of esters is 4. The molecule has 10 nitrogen and oxygen atoms in total. The minimum Gasteiger partial charge on any atom is -0.463 e. The summed E-state index contributed by atoms with van der Waals surface area (Å²) in [5.41, 5.74) is 2.94. The van der Waals surface area contributed by atoms with Gasteiger partial charge in [-0.15, -0.1) is 0 Å². The molecule has 1 aliphatic heterocycles. The molecule has 0 radical (unpaired) electrons. The van der Waals surface area contributed by atoms with Gasteiger partial charge in [0.25, 0.3) is 0 Å². The Labute approximate surface area is 242 Å². The van der Waals surface area contributed by atoms with Crippen molar-refractivity contribution in [2.45, 2.75) is 64.6 Å². The molecule has 0 aromatic heterocycles. The van der Waals surface area contributed by atoms with Crippen molar-refractivity contribution in [3.8, 4) is 11.8 Å². The van der Waals surface area contributed by atoms with E-state index in [-0.39, 0.29) is 13.2 Å². The molecule has 218 valence electrons. The second-order valence-electron chi connectivity index (χ2n) is 9.30. The minimum absolute atomic E-state index is 0.233. The van der Waals surface area contributed by atoms with E-state index >= 15 is 0 Å². The van der Waals surface area contributed by atoms with E-state index in [1.165, 1.54) is 20.8 Å². The van der Waals surface area contributed by atoms with Crippen LogP contribution in [0.15, 0.2) is 42.5 Å². The molecule has 1 fully saturated rings. The van der Waals surface area contributed by atoms with E-state index in [2.05, 4.69) is 11.8 Å². The highest BCUT2D eigenvalue weighted by atomic mass is 35.5. The van der Waals surface area contributed by atoms with Crippen LogP contribution in [0.3, 0.4) is 0 Å². The number of aliphatic hydroxyl groups is 1. The Morgan fingerprint density at radius 2 is 1.46 bits per heavy atom. The highest BCUT2D eigenvalue weighted by molar-refractivity contribution is 6.31. The van der Waals surface area contributed by atoms with Gasteiger partial charge in [-0.25, -0.2) is 0 Å². The Kier molecular flexibility index (Phi) is 11.3. The fourth-order valence-electron chi connectivity index (χ4n) is 4.47. The van der Waals surface area contributed by atoms with Crippen LogP contribution in [0.5, 0.6) is 0 Å². The van der Waals surface area contributed by atoms with Crippen molar-refractivity contribution in [3.63, 3.8) is 0 Å². The Balaban J connectivity index is 2.03. The first-order chi connectivity index (χ1) is 19.5. The molecule has 3 rings (SSSR count). The lowest BCUT2D eigenvalue weighted by Gasteiger charge is -2.44. The van der Waals surface area contributed by atoms with Crippen molar-refractivity contribution in [3.05, 3.63) is 69.7 Å². The number of carbonyl (C=O) groups is 4. The average molecular weight is 587 g/mol. The highest BCUT2D eigenvalue weighted by Gasteiger charge is 2.52. The molecule has 0 saturated carbocycles. The lowest BCUT2D eigenvalue weighted by Crippen LogP contribution is -2.59. The second kappa shape index (κ2) is 14.6. The van der Waals surface area contributed by atoms with Gasteiger partial charge < -0.3 is 28.8 Å². The molecule has 5 atom stereocenters. The summed E-state index contributed by atoms with van der Waals surface area (Å²) >= 11 is 6.54. The normalized spacial score (nSPS) is 21.6. The van der Waals surface area contributed by atoms with E-state index in [0.29, 0.717) is 17.0 Å². The zero-order valence-corrected chi connectivity index (χ0v) is 23.8. The minimum atomic E-state index is -1.27. The standard InChI is InChI=1S/C30H31ClO10/c1-17(33)37-16-26-28(38-18(2)34)30(40-20(4)36)29(39-19(3)35)27(41-26)23-11-12-25(31)24(15-23)14-22-9-7-21(8-10-22)6-5-13-32/h7-12,15,26-30,32H,13-14,16H2,1-4H3/t26-,27+,28-,29+,30+/m1/s1. The highest BCUT2D eigenvalue weighted by Crippen LogP contribution is 2.39. The predicted molar refractivity (Wildman–Crippen MR) is 146 cm³/mol. The largest absolute Gasteiger partial charge is 0.463 e. The van der Waals surface area contributed by atoms with Gasteiger partial charge in [0.1, 0.15) is 25.4 Å². The van der Waals surface area contributed by atoms with E-state index in [0.717, 1.165) is 23.6 Å².